The molecule has 1 fully saturated rings. The first-order chi connectivity index (χ1) is 9.19. The highest BCUT2D eigenvalue weighted by atomic mass is 79.9. The fraction of sp³-hybridized carbons (Fsp3) is 0.647. The van der Waals surface area contributed by atoms with Crippen molar-refractivity contribution in [1.29, 1.82) is 0 Å². The molecule has 1 saturated carbocycles. The van der Waals surface area contributed by atoms with Gasteiger partial charge in [-0.05, 0) is 49.7 Å². The Morgan fingerprint density at radius 2 is 1.95 bits per heavy atom. The molecular weight excluding hydrogens is 300 g/mol. The predicted octanol–water partition coefficient (Wildman–Crippen LogP) is 5.42. The van der Waals surface area contributed by atoms with E-state index in [4.69, 9.17) is 4.74 Å². The number of methoxy groups -OCH3 is 1. The number of benzene rings is 1. The SMILES string of the molecule is CCCCc1ccc(C(Br)CC2(OC)CCC2)cc1. The summed E-state index contributed by atoms with van der Waals surface area (Å²) in [6.07, 6.45) is 8.55. The average molecular weight is 325 g/mol. The van der Waals surface area contributed by atoms with E-state index in [1.54, 1.807) is 0 Å². The molecule has 0 N–H and O–H groups in total. The van der Waals surface area contributed by atoms with E-state index in [0.29, 0.717) is 4.83 Å². The molecule has 1 aromatic rings. The maximum atomic E-state index is 5.71. The van der Waals surface area contributed by atoms with Crippen molar-refractivity contribution >= 4 is 15.9 Å². The van der Waals surface area contributed by atoms with Crippen LogP contribution in [0, 0.1) is 0 Å². The van der Waals surface area contributed by atoms with Crippen LogP contribution in [0.1, 0.15) is 61.4 Å². The van der Waals surface area contributed by atoms with Crippen LogP contribution in [0.4, 0.5) is 0 Å². The van der Waals surface area contributed by atoms with Gasteiger partial charge in [0.25, 0.3) is 0 Å². The largest absolute Gasteiger partial charge is 0.378 e. The third-order valence-electron chi connectivity index (χ3n) is 4.41. The molecule has 106 valence electrons. The molecule has 19 heavy (non-hydrogen) atoms. The molecule has 1 aliphatic rings. The summed E-state index contributed by atoms with van der Waals surface area (Å²) in [4.78, 5) is 0.410. The lowest BCUT2D eigenvalue weighted by Gasteiger charge is -2.42. The molecule has 0 aliphatic heterocycles. The first kappa shape index (κ1) is 15.1. The Morgan fingerprint density at radius 3 is 2.42 bits per heavy atom. The van der Waals surface area contributed by atoms with E-state index < -0.39 is 0 Å². The number of halogens is 1. The number of ether oxygens (including phenoxy) is 1. The van der Waals surface area contributed by atoms with Crippen LogP contribution in [0.3, 0.4) is 0 Å². The highest BCUT2D eigenvalue weighted by Gasteiger charge is 2.38. The van der Waals surface area contributed by atoms with Gasteiger partial charge in [0.15, 0.2) is 0 Å². The van der Waals surface area contributed by atoms with Gasteiger partial charge < -0.3 is 4.74 Å². The summed E-state index contributed by atoms with van der Waals surface area (Å²) in [5.74, 6) is 0. The lowest BCUT2D eigenvalue weighted by Crippen LogP contribution is -2.39. The Hall–Kier alpha value is -0.340. The summed E-state index contributed by atoms with van der Waals surface area (Å²) in [6, 6.07) is 9.10. The molecule has 1 aliphatic carbocycles. The molecule has 1 nitrogen and oxygen atoms in total. The van der Waals surface area contributed by atoms with E-state index in [1.165, 1.54) is 49.7 Å². The number of unbranched alkanes of at least 4 members (excludes halogenated alkanes) is 1. The molecule has 1 unspecified atom stereocenters. The van der Waals surface area contributed by atoms with E-state index in [9.17, 15) is 0 Å². The fourth-order valence-corrected chi connectivity index (χ4v) is 3.68. The minimum absolute atomic E-state index is 0.134. The summed E-state index contributed by atoms with van der Waals surface area (Å²) in [7, 11) is 1.85. The molecule has 1 aromatic carbocycles. The summed E-state index contributed by atoms with van der Waals surface area (Å²) in [5, 5.41) is 0. The molecule has 1 atom stereocenters. The molecule has 2 rings (SSSR count). The smallest absolute Gasteiger partial charge is 0.0692 e. The first-order valence-electron chi connectivity index (χ1n) is 7.47. The summed E-state index contributed by atoms with van der Waals surface area (Å²) in [5.41, 5.74) is 2.97. The zero-order chi connectivity index (χ0) is 13.7. The number of hydrogen-bond donors (Lipinski definition) is 0. The minimum atomic E-state index is 0.134. The van der Waals surface area contributed by atoms with Crippen LogP contribution in [0.15, 0.2) is 24.3 Å². The maximum Gasteiger partial charge on any atom is 0.0692 e. The Balaban J connectivity index is 1.93. The third kappa shape index (κ3) is 3.82. The summed E-state index contributed by atoms with van der Waals surface area (Å²) >= 11 is 3.83. The van der Waals surface area contributed by atoms with Crippen molar-refractivity contribution in [2.24, 2.45) is 0 Å². The zero-order valence-electron chi connectivity index (χ0n) is 12.1. The van der Waals surface area contributed by atoms with Gasteiger partial charge >= 0.3 is 0 Å². The Labute approximate surface area is 125 Å². The molecule has 0 amide bonds. The van der Waals surface area contributed by atoms with Crippen molar-refractivity contribution < 1.29 is 4.74 Å². The average Bonchev–Trinajstić information content (AvgIpc) is 2.41. The maximum absolute atomic E-state index is 5.71. The van der Waals surface area contributed by atoms with Crippen LogP contribution in [0.2, 0.25) is 0 Å². The van der Waals surface area contributed by atoms with E-state index >= 15 is 0 Å². The van der Waals surface area contributed by atoms with Gasteiger partial charge in [0, 0.05) is 11.9 Å². The number of hydrogen-bond acceptors (Lipinski definition) is 1. The first-order valence-corrected chi connectivity index (χ1v) is 8.39. The van der Waals surface area contributed by atoms with Crippen LogP contribution in [-0.2, 0) is 11.2 Å². The van der Waals surface area contributed by atoms with Crippen molar-refractivity contribution in [1.82, 2.24) is 0 Å². The fourth-order valence-electron chi connectivity index (χ4n) is 2.78. The van der Waals surface area contributed by atoms with E-state index in [0.717, 1.165) is 6.42 Å². The van der Waals surface area contributed by atoms with E-state index in [-0.39, 0.29) is 5.60 Å². The minimum Gasteiger partial charge on any atom is -0.378 e. The van der Waals surface area contributed by atoms with Crippen LogP contribution in [-0.4, -0.2) is 12.7 Å². The monoisotopic (exact) mass is 324 g/mol. The normalized spacial score (nSPS) is 18.9. The van der Waals surface area contributed by atoms with Crippen molar-refractivity contribution in [2.45, 2.75) is 62.3 Å². The second-order valence-electron chi connectivity index (χ2n) is 5.76. The van der Waals surface area contributed by atoms with Crippen molar-refractivity contribution in [3.05, 3.63) is 35.4 Å². The second-order valence-corrected chi connectivity index (χ2v) is 6.86. The van der Waals surface area contributed by atoms with Gasteiger partial charge in [-0.2, -0.15) is 0 Å². The van der Waals surface area contributed by atoms with Crippen LogP contribution in [0.25, 0.3) is 0 Å². The third-order valence-corrected chi connectivity index (χ3v) is 5.26. The van der Waals surface area contributed by atoms with Gasteiger partial charge in [0.1, 0.15) is 0 Å². The Morgan fingerprint density at radius 1 is 1.26 bits per heavy atom. The molecular formula is C17H25BrO. The predicted molar refractivity (Wildman–Crippen MR) is 84.9 cm³/mol. The number of aryl methyl sites for hydroxylation is 1. The molecule has 0 radical (unpaired) electrons. The van der Waals surface area contributed by atoms with Crippen molar-refractivity contribution in [3.63, 3.8) is 0 Å². The molecule has 0 saturated heterocycles. The summed E-state index contributed by atoms with van der Waals surface area (Å²) in [6.45, 7) is 2.24. The van der Waals surface area contributed by atoms with Crippen molar-refractivity contribution in [2.75, 3.05) is 7.11 Å². The molecule has 0 heterocycles. The van der Waals surface area contributed by atoms with E-state index in [2.05, 4.69) is 47.1 Å². The van der Waals surface area contributed by atoms with Crippen molar-refractivity contribution in [3.8, 4) is 0 Å². The van der Waals surface area contributed by atoms with Gasteiger partial charge in [-0.25, -0.2) is 0 Å². The lowest BCUT2D eigenvalue weighted by atomic mass is 9.76. The highest BCUT2D eigenvalue weighted by molar-refractivity contribution is 9.09. The Bertz CT molecular complexity index is 375. The van der Waals surface area contributed by atoms with Gasteiger partial charge in [-0.15, -0.1) is 0 Å². The lowest BCUT2D eigenvalue weighted by molar-refractivity contribution is -0.0773. The van der Waals surface area contributed by atoms with Gasteiger partial charge in [0.05, 0.1) is 5.60 Å². The van der Waals surface area contributed by atoms with Crippen LogP contribution < -0.4 is 0 Å². The van der Waals surface area contributed by atoms with Gasteiger partial charge in [-0.1, -0.05) is 53.5 Å². The second kappa shape index (κ2) is 6.90. The molecule has 0 spiro atoms. The molecule has 0 bridgehead atoms. The molecule has 0 aromatic heterocycles. The number of alkyl halides is 1. The van der Waals surface area contributed by atoms with E-state index in [1.807, 2.05) is 7.11 Å². The highest BCUT2D eigenvalue weighted by Crippen LogP contribution is 2.44. The standard InChI is InChI=1S/C17H25BrO/c1-3-4-6-14-7-9-15(10-8-14)16(18)13-17(19-2)11-5-12-17/h7-10,16H,3-6,11-13H2,1-2H3. The Kier molecular flexibility index (Phi) is 5.47. The summed E-state index contributed by atoms with van der Waals surface area (Å²) < 4.78 is 5.71. The zero-order valence-corrected chi connectivity index (χ0v) is 13.7. The van der Waals surface area contributed by atoms with Gasteiger partial charge in [-0.3, -0.25) is 0 Å². The molecule has 2 heteroatoms. The van der Waals surface area contributed by atoms with Crippen LogP contribution in [0.5, 0.6) is 0 Å². The van der Waals surface area contributed by atoms with Crippen LogP contribution >= 0.6 is 15.9 Å². The van der Waals surface area contributed by atoms with Gasteiger partial charge in [0.2, 0.25) is 0 Å². The quantitative estimate of drug-likeness (QED) is 0.608. The number of rotatable bonds is 7. The topological polar surface area (TPSA) is 9.23 Å².